The number of nitrogens with two attached hydrogens (primary N) is 1. The molecular weight excluding hydrogens is 268 g/mol. The van der Waals surface area contributed by atoms with Crippen molar-refractivity contribution >= 4 is 16.9 Å². The van der Waals surface area contributed by atoms with E-state index in [4.69, 9.17) is 15.6 Å². The van der Waals surface area contributed by atoms with Gasteiger partial charge in [0, 0.05) is 6.07 Å². The van der Waals surface area contributed by atoms with Gasteiger partial charge in [0.25, 0.3) is 5.56 Å². The predicted molar refractivity (Wildman–Crippen MR) is 67.8 cm³/mol. The first-order valence-electron chi connectivity index (χ1n) is 6.00. The summed E-state index contributed by atoms with van der Waals surface area (Å²) in [7, 11) is 0. The SMILES string of the molecule is Nc1cc2c(ncn2[C@@H]2O[C@H](CO)C(O)[C@@H]2O)c(=O)[nH]1. The summed E-state index contributed by atoms with van der Waals surface area (Å²) in [6.45, 7) is -0.427. The molecule has 0 aliphatic carbocycles. The van der Waals surface area contributed by atoms with Crippen molar-refractivity contribution in [3.8, 4) is 0 Å². The van der Waals surface area contributed by atoms with Crippen molar-refractivity contribution in [2.75, 3.05) is 12.3 Å². The number of aliphatic hydroxyl groups is 3. The topological polar surface area (TPSA) is 147 Å². The lowest BCUT2D eigenvalue weighted by Crippen LogP contribution is -2.33. The normalized spacial score (nSPS) is 30.1. The highest BCUT2D eigenvalue weighted by molar-refractivity contribution is 5.76. The third kappa shape index (κ3) is 1.79. The quantitative estimate of drug-likeness (QED) is 0.424. The first kappa shape index (κ1) is 13.1. The number of hydrogen-bond acceptors (Lipinski definition) is 7. The Balaban J connectivity index is 2.09. The third-order valence-corrected chi connectivity index (χ3v) is 3.39. The van der Waals surface area contributed by atoms with E-state index in [1.807, 2.05) is 0 Å². The Morgan fingerprint density at radius 1 is 1.45 bits per heavy atom. The monoisotopic (exact) mass is 282 g/mol. The van der Waals surface area contributed by atoms with E-state index in [1.54, 1.807) is 0 Å². The highest BCUT2D eigenvalue weighted by Gasteiger charge is 2.43. The minimum atomic E-state index is -1.25. The highest BCUT2D eigenvalue weighted by atomic mass is 16.6. The number of aliphatic hydroxyl groups excluding tert-OH is 3. The largest absolute Gasteiger partial charge is 0.394 e. The van der Waals surface area contributed by atoms with Gasteiger partial charge >= 0.3 is 0 Å². The Morgan fingerprint density at radius 2 is 2.20 bits per heavy atom. The third-order valence-electron chi connectivity index (χ3n) is 3.39. The number of rotatable bonds is 2. The maximum atomic E-state index is 11.7. The number of ether oxygens (including phenoxy) is 1. The van der Waals surface area contributed by atoms with Gasteiger partial charge < -0.3 is 35.3 Å². The highest BCUT2D eigenvalue weighted by Crippen LogP contribution is 2.31. The lowest BCUT2D eigenvalue weighted by atomic mass is 10.1. The van der Waals surface area contributed by atoms with Gasteiger partial charge in [0.2, 0.25) is 0 Å². The van der Waals surface area contributed by atoms with Crippen LogP contribution in [0.1, 0.15) is 6.23 Å². The van der Waals surface area contributed by atoms with Crippen molar-refractivity contribution in [2.24, 2.45) is 0 Å². The van der Waals surface area contributed by atoms with Crippen LogP contribution in [0.15, 0.2) is 17.2 Å². The van der Waals surface area contributed by atoms with Crippen molar-refractivity contribution in [2.45, 2.75) is 24.5 Å². The molecule has 3 rings (SSSR count). The van der Waals surface area contributed by atoms with Crippen LogP contribution in [0, 0.1) is 0 Å². The van der Waals surface area contributed by atoms with E-state index in [1.165, 1.54) is 17.0 Å². The van der Waals surface area contributed by atoms with Gasteiger partial charge in [-0.3, -0.25) is 4.79 Å². The van der Waals surface area contributed by atoms with Crippen LogP contribution in [0.3, 0.4) is 0 Å². The van der Waals surface area contributed by atoms with Gasteiger partial charge in [-0.1, -0.05) is 0 Å². The summed E-state index contributed by atoms with van der Waals surface area (Å²) in [5.41, 5.74) is 5.65. The molecule has 0 amide bonds. The van der Waals surface area contributed by atoms with Crippen molar-refractivity contribution in [3.05, 3.63) is 22.7 Å². The molecule has 1 saturated heterocycles. The van der Waals surface area contributed by atoms with E-state index in [-0.39, 0.29) is 11.3 Å². The molecule has 4 atom stereocenters. The molecule has 1 aliphatic rings. The summed E-state index contributed by atoms with van der Waals surface area (Å²) in [5.74, 6) is 0.149. The van der Waals surface area contributed by atoms with E-state index < -0.39 is 36.7 Å². The van der Waals surface area contributed by atoms with Crippen LogP contribution in [0.2, 0.25) is 0 Å². The number of pyridine rings is 1. The number of aromatic nitrogens is 3. The molecule has 1 fully saturated rings. The van der Waals surface area contributed by atoms with Crippen LogP contribution in [-0.2, 0) is 4.74 Å². The standard InChI is InChI=1S/C11H14N4O5/c12-6-1-4-7(10(19)14-6)13-3-15(4)11-9(18)8(17)5(2-16)20-11/h1,3,5,8-9,11,16-18H,2H2,(H3,12,14,19)/t5-,8?,9+,11-/m1/s1. The Hall–Kier alpha value is -1.94. The van der Waals surface area contributed by atoms with Crippen LogP contribution in [-0.4, -0.2) is 54.8 Å². The molecule has 1 unspecified atom stereocenters. The van der Waals surface area contributed by atoms with Crippen molar-refractivity contribution in [1.29, 1.82) is 0 Å². The molecule has 0 spiro atoms. The minimum absolute atomic E-state index is 0.149. The summed E-state index contributed by atoms with van der Waals surface area (Å²) >= 11 is 0. The van der Waals surface area contributed by atoms with Crippen LogP contribution in [0.5, 0.6) is 0 Å². The molecule has 9 nitrogen and oxygen atoms in total. The molecule has 1 aliphatic heterocycles. The smallest absolute Gasteiger partial charge is 0.277 e. The molecule has 6 N–H and O–H groups in total. The fraction of sp³-hybridized carbons (Fsp3) is 0.455. The first-order valence-corrected chi connectivity index (χ1v) is 6.00. The van der Waals surface area contributed by atoms with Crippen molar-refractivity contribution < 1.29 is 20.1 Å². The summed E-state index contributed by atoms with van der Waals surface area (Å²) in [4.78, 5) is 18.0. The van der Waals surface area contributed by atoms with Gasteiger partial charge in [-0.15, -0.1) is 0 Å². The number of nitrogen functional groups attached to an aromatic ring is 1. The fourth-order valence-electron chi connectivity index (χ4n) is 2.37. The van der Waals surface area contributed by atoms with Gasteiger partial charge in [-0.05, 0) is 0 Å². The molecule has 0 aromatic carbocycles. The molecule has 2 aromatic heterocycles. The molecule has 9 heteroatoms. The second kappa shape index (κ2) is 4.56. The Bertz CT molecular complexity index is 696. The van der Waals surface area contributed by atoms with E-state index in [9.17, 15) is 15.0 Å². The lowest BCUT2D eigenvalue weighted by Gasteiger charge is -2.17. The Labute approximate surface area is 112 Å². The van der Waals surface area contributed by atoms with E-state index in [2.05, 4.69) is 9.97 Å². The zero-order chi connectivity index (χ0) is 14.4. The number of imidazole rings is 1. The van der Waals surface area contributed by atoms with E-state index in [0.717, 1.165) is 0 Å². The maximum Gasteiger partial charge on any atom is 0.277 e. The van der Waals surface area contributed by atoms with Crippen molar-refractivity contribution in [1.82, 2.24) is 14.5 Å². The van der Waals surface area contributed by atoms with Crippen LogP contribution in [0.25, 0.3) is 11.0 Å². The second-order valence-electron chi connectivity index (χ2n) is 4.67. The summed E-state index contributed by atoms with van der Waals surface area (Å²) in [6.07, 6.45) is -2.99. The average Bonchev–Trinajstić information content (AvgIpc) is 2.93. The number of fused-ring (bicyclic) bond motifs is 1. The molecular formula is C11H14N4O5. The molecule has 0 saturated carbocycles. The lowest BCUT2D eigenvalue weighted by molar-refractivity contribution is -0.0508. The number of hydrogen-bond donors (Lipinski definition) is 5. The van der Waals surface area contributed by atoms with Gasteiger partial charge in [-0.2, -0.15) is 0 Å². The fourth-order valence-corrected chi connectivity index (χ4v) is 2.37. The van der Waals surface area contributed by atoms with Gasteiger partial charge in [0.15, 0.2) is 11.7 Å². The van der Waals surface area contributed by atoms with E-state index in [0.29, 0.717) is 5.52 Å². The number of nitrogens with one attached hydrogen (secondary N) is 1. The van der Waals surface area contributed by atoms with Gasteiger partial charge in [0.05, 0.1) is 18.5 Å². The van der Waals surface area contributed by atoms with Crippen molar-refractivity contribution in [3.63, 3.8) is 0 Å². The number of aromatic amines is 1. The molecule has 108 valence electrons. The second-order valence-corrected chi connectivity index (χ2v) is 4.67. The number of anilines is 1. The summed E-state index contributed by atoms with van der Waals surface area (Å²) in [6, 6.07) is 1.48. The molecule has 0 radical (unpaired) electrons. The van der Waals surface area contributed by atoms with Crippen LogP contribution >= 0.6 is 0 Å². The van der Waals surface area contributed by atoms with Crippen LogP contribution in [0.4, 0.5) is 5.82 Å². The van der Waals surface area contributed by atoms with Crippen LogP contribution < -0.4 is 11.3 Å². The first-order chi connectivity index (χ1) is 9.52. The maximum absolute atomic E-state index is 11.7. The number of H-pyrrole nitrogens is 1. The van der Waals surface area contributed by atoms with Gasteiger partial charge in [-0.25, -0.2) is 4.98 Å². The Morgan fingerprint density at radius 3 is 2.85 bits per heavy atom. The zero-order valence-corrected chi connectivity index (χ0v) is 10.3. The molecule has 20 heavy (non-hydrogen) atoms. The van der Waals surface area contributed by atoms with E-state index >= 15 is 0 Å². The number of nitrogens with zero attached hydrogens (tertiary/aromatic N) is 2. The minimum Gasteiger partial charge on any atom is -0.394 e. The molecule has 2 aromatic rings. The summed E-state index contributed by atoms with van der Waals surface area (Å²) < 4.78 is 6.79. The van der Waals surface area contributed by atoms with Gasteiger partial charge in [0.1, 0.15) is 24.1 Å². The molecule has 3 heterocycles. The zero-order valence-electron chi connectivity index (χ0n) is 10.3. The molecule has 0 bridgehead atoms. The predicted octanol–water partition coefficient (Wildman–Crippen LogP) is -2.08. The average molecular weight is 282 g/mol. The summed E-state index contributed by atoms with van der Waals surface area (Å²) in [5, 5.41) is 28.8. The Kier molecular flexibility index (Phi) is 2.98.